The Hall–Kier alpha value is -2.80. The quantitative estimate of drug-likeness (QED) is 0.418. The van der Waals surface area contributed by atoms with Crippen molar-refractivity contribution in [2.24, 2.45) is 0 Å². The summed E-state index contributed by atoms with van der Waals surface area (Å²) in [4.78, 5) is 30.4. The second-order valence-electron chi connectivity index (χ2n) is 11.2. The Morgan fingerprint density at radius 2 is 1.85 bits per heavy atom. The molecule has 2 aliphatic rings. The van der Waals surface area contributed by atoms with E-state index in [1.54, 1.807) is 10.9 Å². The van der Waals surface area contributed by atoms with Crippen LogP contribution in [0.2, 0.25) is 5.02 Å². The van der Waals surface area contributed by atoms with Crippen LogP contribution in [0.15, 0.2) is 30.5 Å². The number of anilines is 1. The largest absolute Gasteiger partial charge is 0.480 e. The van der Waals surface area contributed by atoms with Crippen LogP contribution < -0.4 is 10.1 Å². The van der Waals surface area contributed by atoms with E-state index in [2.05, 4.69) is 20.1 Å². The van der Waals surface area contributed by atoms with Crippen LogP contribution in [-0.2, 0) is 19.9 Å². The van der Waals surface area contributed by atoms with Crippen LogP contribution in [0, 0.1) is 0 Å². The van der Waals surface area contributed by atoms with Gasteiger partial charge in [0.15, 0.2) is 5.75 Å². The first-order chi connectivity index (χ1) is 19.4. The van der Waals surface area contributed by atoms with Gasteiger partial charge in [0.1, 0.15) is 11.6 Å². The zero-order valence-electron chi connectivity index (χ0n) is 23.7. The molecule has 1 amide bonds. The molecule has 0 radical (unpaired) electrons. The van der Waals surface area contributed by atoms with Crippen molar-refractivity contribution in [2.75, 3.05) is 38.0 Å². The highest BCUT2D eigenvalue weighted by Gasteiger charge is 2.46. The molecule has 2 fully saturated rings. The van der Waals surface area contributed by atoms with E-state index in [9.17, 15) is 23.5 Å². The normalized spacial score (nSPS) is 22.6. The molecule has 1 aromatic carbocycles. The molecule has 0 aliphatic carbocycles. The predicted octanol–water partition coefficient (Wildman–Crippen LogP) is 4.25. The van der Waals surface area contributed by atoms with Crippen molar-refractivity contribution >= 4 is 29.2 Å². The first kappa shape index (κ1) is 31.1. The van der Waals surface area contributed by atoms with Crippen LogP contribution in [0.5, 0.6) is 5.75 Å². The molecule has 3 heterocycles. The first-order valence-electron chi connectivity index (χ1n) is 13.8. The lowest BCUT2D eigenvalue weighted by molar-refractivity contribution is -0.150. The molecule has 0 saturated carbocycles. The Balaban J connectivity index is 1.58. The number of carboxylic acid groups (broad SMARTS) is 1. The molecule has 2 saturated heterocycles. The molecule has 4 rings (SSSR count). The van der Waals surface area contributed by atoms with Gasteiger partial charge in [-0.05, 0) is 50.8 Å². The topological polar surface area (TPSA) is 109 Å². The molecule has 13 heteroatoms. The van der Waals surface area contributed by atoms with Crippen LogP contribution in [0.1, 0.15) is 52.1 Å². The van der Waals surface area contributed by atoms with E-state index in [-0.39, 0.29) is 34.6 Å². The van der Waals surface area contributed by atoms with Crippen LogP contribution in [-0.4, -0.2) is 94.1 Å². The van der Waals surface area contributed by atoms with Crippen molar-refractivity contribution in [3.05, 3.63) is 41.2 Å². The van der Waals surface area contributed by atoms with Gasteiger partial charge in [0.2, 0.25) is 0 Å². The van der Waals surface area contributed by atoms with Crippen molar-refractivity contribution in [2.45, 2.75) is 76.9 Å². The van der Waals surface area contributed by atoms with E-state index in [0.717, 1.165) is 5.69 Å². The van der Waals surface area contributed by atoms with E-state index >= 15 is 0 Å². The molecule has 1 aromatic heterocycles. The molecule has 0 spiro atoms. The van der Waals surface area contributed by atoms with Crippen molar-refractivity contribution in [1.82, 2.24) is 19.6 Å². The number of nitrogens with one attached hydrogen (secondary N) is 1. The maximum atomic E-state index is 14.1. The minimum atomic E-state index is -3.10. The Bertz CT molecular complexity index is 1210. The molecule has 10 nitrogen and oxygen atoms in total. The summed E-state index contributed by atoms with van der Waals surface area (Å²) in [6, 6.07) is 5.28. The number of carbonyl (C=O) groups is 2. The van der Waals surface area contributed by atoms with Crippen molar-refractivity contribution in [1.29, 1.82) is 0 Å². The number of alkyl halides is 2. The Kier molecular flexibility index (Phi) is 9.89. The number of likely N-dealkylation sites (tertiary alicyclic amines) is 1. The van der Waals surface area contributed by atoms with E-state index in [4.69, 9.17) is 16.3 Å². The third-order valence-corrected chi connectivity index (χ3v) is 8.02. The fourth-order valence-corrected chi connectivity index (χ4v) is 6.01. The predicted molar refractivity (Wildman–Crippen MR) is 150 cm³/mol. The summed E-state index contributed by atoms with van der Waals surface area (Å²) in [7, 11) is 0. The summed E-state index contributed by atoms with van der Waals surface area (Å²) >= 11 is 5.99. The SMILES string of the molecule is CC(C)c1ccnn1C1(C(=O)Nc2ccc(Cl)cc2OC(F)F)CCN(C[C@@H](C(=O)O)N2C[C@H](C)O[C@@H](C)C2)CC1. The Morgan fingerprint density at radius 3 is 2.44 bits per heavy atom. The van der Waals surface area contributed by atoms with Gasteiger partial charge in [0.25, 0.3) is 5.91 Å². The van der Waals surface area contributed by atoms with Gasteiger partial charge < -0.3 is 24.8 Å². The zero-order chi connectivity index (χ0) is 29.9. The number of hydrogen-bond donors (Lipinski definition) is 2. The third kappa shape index (κ3) is 7.17. The highest BCUT2D eigenvalue weighted by Crippen LogP contribution is 2.37. The van der Waals surface area contributed by atoms with Crippen molar-refractivity contribution in [3.8, 4) is 5.75 Å². The van der Waals surface area contributed by atoms with Crippen LogP contribution in [0.3, 0.4) is 0 Å². The number of hydrogen-bond acceptors (Lipinski definition) is 7. The molecule has 2 aromatic rings. The van der Waals surface area contributed by atoms with Crippen LogP contribution in [0.4, 0.5) is 14.5 Å². The minimum Gasteiger partial charge on any atom is -0.480 e. The van der Waals surface area contributed by atoms with E-state index in [1.807, 2.05) is 38.7 Å². The summed E-state index contributed by atoms with van der Waals surface area (Å²) in [5.41, 5.74) is -0.211. The highest BCUT2D eigenvalue weighted by molar-refractivity contribution is 6.30. The van der Waals surface area contributed by atoms with E-state index in [0.29, 0.717) is 45.6 Å². The number of piperidine rings is 1. The number of aliphatic carboxylic acids is 1. The molecule has 2 aliphatic heterocycles. The number of carbonyl (C=O) groups excluding carboxylic acids is 1. The summed E-state index contributed by atoms with van der Waals surface area (Å²) in [5.74, 6) is -1.49. The number of ether oxygens (including phenoxy) is 2. The van der Waals surface area contributed by atoms with Gasteiger partial charge in [0.05, 0.1) is 17.9 Å². The second-order valence-corrected chi connectivity index (χ2v) is 11.6. The van der Waals surface area contributed by atoms with Crippen LogP contribution >= 0.6 is 11.6 Å². The first-order valence-corrected chi connectivity index (χ1v) is 14.2. The molecular formula is C28H38ClF2N5O5. The number of rotatable bonds is 10. The Labute approximate surface area is 243 Å². The fraction of sp³-hybridized carbons (Fsp3) is 0.607. The van der Waals surface area contributed by atoms with Gasteiger partial charge in [-0.15, -0.1) is 0 Å². The second kappa shape index (κ2) is 13.0. The van der Waals surface area contributed by atoms with Gasteiger partial charge in [-0.1, -0.05) is 25.4 Å². The molecule has 226 valence electrons. The van der Waals surface area contributed by atoms with Gasteiger partial charge in [-0.2, -0.15) is 13.9 Å². The smallest absolute Gasteiger partial charge is 0.387 e. The van der Waals surface area contributed by atoms with Crippen molar-refractivity contribution in [3.63, 3.8) is 0 Å². The van der Waals surface area contributed by atoms with E-state index in [1.165, 1.54) is 18.2 Å². The number of halogens is 3. The molecule has 2 N–H and O–H groups in total. The van der Waals surface area contributed by atoms with Gasteiger partial charge in [-0.25, -0.2) is 0 Å². The van der Waals surface area contributed by atoms with Gasteiger partial charge >= 0.3 is 12.6 Å². The summed E-state index contributed by atoms with van der Waals surface area (Å²) in [6.45, 7) is 7.00. The molecular weight excluding hydrogens is 560 g/mol. The molecule has 0 unspecified atom stereocenters. The van der Waals surface area contributed by atoms with E-state index < -0.39 is 30.1 Å². The number of carboxylic acids is 1. The number of morpholine rings is 1. The lowest BCUT2D eigenvalue weighted by Crippen LogP contribution is -2.59. The average molecular weight is 598 g/mol. The van der Waals surface area contributed by atoms with Gasteiger partial charge in [0, 0.05) is 55.7 Å². The highest BCUT2D eigenvalue weighted by atomic mass is 35.5. The van der Waals surface area contributed by atoms with Crippen LogP contribution in [0.25, 0.3) is 0 Å². The molecule has 41 heavy (non-hydrogen) atoms. The summed E-state index contributed by atoms with van der Waals surface area (Å²) in [6.07, 6.45) is 2.17. The van der Waals surface area contributed by atoms with Gasteiger partial charge in [-0.3, -0.25) is 19.2 Å². The van der Waals surface area contributed by atoms with Crippen molar-refractivity contribution < 1.29 is 33.0 Å². The summed E-state index contributed by atoms with van der Waals surface area (Å²) in [5, 5.41) is 17.6. The number of nitrogens with zero attached hydrogens (tertiary/aromatic N) is 4. The number of amides is 1. The summed E-state index contributed by atoms with van der Waals surface area (Å²) < 4.78 is 38.3. The molecule has 0 bridgehead atoms. The standard InChI is InChI=1S/C28H38ClF2N5O5/c1-17(2)22-7-10-32-36(22)28(26(39)33-21-6-5-20(29)13-24(21)41-27(30)31)8-11-34(12-9-28)16-23(25(37)38)35-14-18(3)40-19(4)15-35/h5-7,10,13,17-19,23,27H,8-9,11-12,14-16H2,1-4H3,(H,33,39)(H,37,38)/t18-,19-,23-/m0/s1. The lowest BCUT2D eigenvalue weighted by Gasteiger charge is -2.44. The number of aromatic nitrogens is 2. The fourth-order valence-electron chi connectivity index (χ4n) is 5.85. The average Bonchev–Trinajstić information content (AvgIpc) is 3.39. The third-order valence-electron chi connectivity index (χ3n) is 7.79. The minimum absolute atomic E-state index is 0.0650. The zero-order valence-corrected chi connectivity index (χ0v) is 24.5. The number of benzene rings is 1. The maximum Gasteiger partial charge on any atom is 0.387 e. The maximum absolute atomic E-state index is 14.1. The molecule has 3 atom stereocenters. The monoisotopic (exact) mass is 597 g/mol. The Morgan fingerprint density at radius 1 is 1.20 bits per heavy atom. The lowest BCUT2D eigenvalue weighted by atomic mass is 9.85.